The van der Waals surface area contributed by atoms with Crippen molar-refractivity contribution < 1.29 is 54.3 Å². The van der Waals surface area contributed by atoms with Crippen LogP contribution in [0.2, 0.25) is 0 Å². The summed E-state index contributed by atoms with van der Waals surface area (Å²) in [5.74, 6) is -5.48. The summed E-state index contributed by atoms with van der Waals surface area (Å²) in [4.78, 5) is 39.2. The summed E-state index contributed by atoms with van der Waals surface area (Å²) in [5, 5.41) is 30.6. The molecule has 0 aliphatic carbocycles. The molecule has 20 heteroatoms. The number of thiazole rings is 1. The Bertz CT molecular complexity index is 2060. The summed E-state index contributed by atoms with van der Waals surface area (Å²) >= 11 is 1.16. The predicted molar refractivity (Wildman–Crippen MR) is 200 cm³/mol. The highest BCUT2D eigenvalue weighted by Crippen LogP contribution is 2.43. The molecule has 1 aliphatic heterocycles. The highest BCUT2D eigenvalue weighted by molar-refractivity contribution is 7.10. The molecular formula is C35H36Cl3F3N8O5S. The van der Waals surface area contributed by atoms with Crippen molar-refractivity contribution in [2.24, 2.45) is 10.1 Å². The Balaban J connectivity index is 0.00000348. The number of quaternary nitrogens is 1. The fraction of sp³-hybridized carbons (Fsp3) is 0.286. The first-order chi connectivity index (χ1) is 24.7. The molecule has 2 aromatic heterocycles. The molecule has 2 aromatic carbocycles. The van der Waals surface area contributed by atoms with E-state index in [1.54, 1.807) is 67.7 Å². The summed E-state index contributed by atoms with van der Waals surface area (Å²) in [6, 6.07) is 12.9. The normalized spacial score (nSPS) is 16.4. The Kier molecular flexibility index (Phi) is 16.7. The minimum atomic E-state index is -2.27. The van der Waals surface area contributed by atoms with E-state index in [0.29, 0.717) is 39.5 Å². The smallest absolute Gasteiger partial charge is 0.413 e. The van der Waals surface area contributed by atoms with Crippen LogP contribution in [0.1, 0.15) is 47.7 Å². The maximum Gasteiger partial charge on any atom is 0.413 e. The molecule has 0 bridgehead atoms. The number of ether oxygens (including phenoxy) is 2. The number of carbonyl (C=O) groups is 2. The number of hydrogen-bond donors (Lipinski definition) is 2. The van der Waals surface area contributed by atoms with Crippen LogP contribution in [0.3, 0.4) is 0 Å². The zero-order valence-corrected chi connectivity index (χ0v) is 32.9. The van der Waals surface area contributed by atoms with E-state index in [0.717, 1.165) is 11.3 Å². The molecule has 13 nitrogen and oxygen atoms in total. The number of aromatic nitrogens is 2. The second-order valence-corrected chi connectivity index (χ2v) is 13.0. The van der Waals surface area contributed by atoms with Gasteiger partial charge in [0.1, 0.15) is 31.3 Å². The first kappa shape index (κ1) is 46.5. The van der Waals surface area contributed by atoms with Gasteiger partial charge in [-0.15, -0.1) is 40.7 Å². The number of halogens is 6. The van der Waals surface area contributed by atoms with Gasteiger partial charge in [-0.05, 0) is 44.4 Å². The first-order valence-electron chi connectivity index (χ1n) is 15.8. The molecular weight excluding hydrogens is 808 g/mol. The number of benzene rings is 2. The molecule has 4 aromatic rings. The van der Waals surface area contributed by atoms with Crippen molar-refractivity contribution in [2.45, 2.75) is 31.6 Å². The number of pyridine rings is 1. The van der Waals surface area contributed by atoms with Crippen molar-refractivity contribution in [1.82, 2.24) is 14.9 Å². The summed E-state index contributed by atoms with van der Waals surface area (Å²) in [6.07, 6.45) is 2.21. The Labute approximate surface area is 337 Å². The summed E-state index contributed by atoms with van der Waals surface area (Å²) in [7, 11) is 3.36. The molecule has 0 saturated carbocycles. The van der Waals surface area contributed by atoms with Crippen LogP contribution < -0.4 is 17.7 Å². The van der Waals surface area contributed by atoms with E-state index in [1.807, 2.05) is 6.07 Å². The van der Waals surface area contributed by atoms with E-state index in [2.05, 4.69) is 25.4 Å². The van der Waals surface area contributed by atoms with Crippen LogP contribution in [0.15, 0.2) is 70.2 Å². The van der Waals surface area contributed by atoms with Gasteiger partial charge in [0, 0.05) is 41.6 Å². The molecule has 0 fully saturated rings. The second-order valence-electron chi connectivity index (χ2n) is 12.1. The minimum absolute atomic E-state index is 0. The van der Waals surface area contributed by atoms with Gasteiger partial charge in [-0.2, -0.15) is 10.3 Å². The highest BCUT2D eigenvalue weighted by Gasteiger charge is 2.49. The van der Waals surface area contributed by atoms with E-state index >= 15 is 4.39 Å². The lowest BCUT2D eigenvalue weighted by molar-refractivity contribution is -0.848. The first-order valence-corrected chi connectivity index (χ1v) is 16.6. The molecule has 2 N–H and O–H groups in total. The summed E-state index contributed by atoms with van der Waals surface area (Å²) in [5.41, 5.74) is -0.752. The molecule has 2 unspecified atom stereocenters. The molecule has 0 spiro atoms. The van der Waals surface area contributed by atoms with Crippen LogP contribution in [0.25, 0.3) is 11.3 Å². The number of amides is 1. The number of nitrogens with zero attached hydrogens (tertiary/aromatic N) is 7. The lowest BCUT2D eigenvalue weighted by Gasteiger charge is -2.38. The number of hydrogen-bond acceptors (Lipinski definition) is 12. The lowest BCUT2D eigenvalue weighted by Crippen LogP contribution is -3.00. The predicted octanol–water partition coefficient (Wildman–Crippen LogP) is 3.51. The van der Waals surface area contributed by atoms with Crippen LogP contribution in [0, 0.1) is 28.8 Å². The van der Waals surface area contributed by atoms with Gasteiger partial charge >= 0.3 is 12.1 Å². The number of nitrogens with one attached hydrogen (secondary N) is 1. The average molecular weight is 844 g/mol. The van der Waals surface area contributed by atoms with Crippen molar-refractivity contribution >= 4 is 66.7 Å². The van der Waals surface area contributed by atoms with Crippen LogP contribution >= 0.6 is 36.2 Å². The van der Waals surface area contributed by atoms with Gasteiger partial charge in [0.05, 0.1) is 27.9 Å². The Morgan fingerprint density at radius 3 is 2.42 bits per heavy atom. The van der Waals surface area contributed by atoms with Crippen LogP contribution in [-0.2, 0) is 19.9 Å². The fourth-order valence-corrected chi connectivity index (χ4v) is 6.58. The SMILES string of the molecule is CC(=O)OC(c1cccnc1NC(=O)OCC[N+]1(C[C@](O)(c2cc(F)c(F)cc2F)[C@@H](C)c2nc(-c3ccc(C#N)cc3)cs2)C=NC=N1)N(C)C.Cl.Cl.[Cl-]. The van der Waals surface area contributed by atoms with Gasteiger partial charge in [-0.3, -0.25) is 15.0 Å². The molecule has 1 aliphatic rings. The largest absolute Gasteiger partial charge is 1.00 e. The molecule has 3 heterocycles. The molecule has 294 valence electrons. The highest BCUT2D eigenvalue weighted by atomic mass is 35.5. The molecule has 0 saturated heterocycles. The fourth-order valence-electron chi connectivity index (χ4n) is 5.61. The van der Waals surface area contributed by atoms with Crippen molar-refractivity contribution in [3.8, 4) is 17.3 Å². The lowest BCUT2D eigenvalue weighted by atomic mass is 9.81. The van der Waals surface area contributed by atoms with Crippen LogP contribution in [-0.4, -0.2) is 83.1 Å². The molecule has 0 radical (unpaired) electrons. The molecule has 1 amide bonds. The van der Waals surface area contributed by atoms with Gasteiger partial charge < -0.3 is 27.0 Å². The third-order valence-electron chi connectivity index (χ3n) is 8.32. The standard InChI is InChI=1S/C35H33F3N8O5S.3ClH/c1-21(32-43-30(17-52-32)24-9-7-23(16-39)8-10-24)35(49,26-14-28(37)29(38)15-27(26)36)18-46(20-40-19-42-46)12-13-50-34(48)44-31-25(6-5-11-41-31)33(45(3)4)51-22(2)47;;;/h5-11,14-15,17,19-21,33,49H,12-13,18H2,1-4H3;3*1H/t21-,33?,35+,46?;;;/m0.../s1. The number of aliphatic hydroxyl groups is 1. The number of nitriles is 1. The number of anilines is 1. The van der Waals surface area contributed by atoms with Crippen LogP contribution in [0.4, 0.5) is 23.8 Å². The number of aliphatic imine (C=N–C) groups is 1. The van der Waals surface area contributed by atoms with Gasteiger partial charge in [-0.1, -0.05) is 24.2 Å². The second kappa shape index (κ2) is 19.8. The average Bonchev–Trinajstić information content (AvgIpc) is 3.79. The monoisotopic (exact) mass is 842 g/mol. The summed E-state index contributed by atoms with van der Waals surface area (Å²) in [6.45, 7) is 1.95. The topological polar surface area (TPSA) is 162 Å². The van der Waals surface area contributed by atoms with Gasteiger partial charge in [-0.25, -0.2) is 27.9 Å². The van der Waals surface area contributed by atoms with Gasteiger partial charge in [0.2, 0.25) is 6.34 Å². The molecule has 4 atom stereocenters. The summed E-state index contributed by atoms with van der Waals surface area (Å²) < 4.78 is 54.6. The van der Waals surface area contributed by atoms with E-state index < -0.39 is 64.0 Å². The van der Waals surface area contributed by atoms with E-state index in [9.17, 15) is 23.5 Å². The van der Waals surface area contributed by atoms with E-state index in [1.165, 1.54) is 25.8 Å². The zero-order valence-electron chi connectivity index (χ0n) is 29.7. The molecule has 55 heavy (non-hydrogen) atoms. The maximum atomic E-state index is 15.5. The number of carbonyl (C=O) groups excluding carboxylic acids is 2. The minimum Gasteiger partial charge on any atom is -1.00 e. The Hall–Kier alpha value is -4.67. The zero-order chi connectivity index (χ0) is 37.6. The van der Waals surface area contributed by atoms with Crippen molar-refractivity contribution in [2.75, 3.05) is 39.1 Å². The van der Waals surface area contributed by atoms with Crippen molar-refractivity contribution in [3.63, 3.8) is 0 Å². The quantitative estimate of drug-likeness (QED) is 0.0889. The number of rotatable bonds is 13. The number of esters is 1. The van der Waals surface area contributed by atoms with Gasteiger partial charge in [0.15, 0.2) is 29.8 Å². The Morgan fingerprint density at radius 1 is 1.11 bits per heavy atom. The third kappa shape index (κ3) is 10.8. The molecule has 5 rings (SSSR count). The third-order valence-corrected chi connectivity index (χ3v) is 9.35. The van der Waals surface area contributed by atoms with Crippen molar-refractivity contribution in [3.05, 3.63) is 99.3 Å². The van der Waals surface area contributed by atoms with E-state index in [-0.39, 0.29) is 56.2 Å². The van der Waals surface area contributed by atoms with Crippen molar-refractivity contribution in [1.29, 1.82) is 5.26 Å². The Morgan fingerprint density at radius 2 is 1.80 bits per heavy atom. The maximum absolute atomic E-state index is 15.5. The van der Waals surface area contributed by atoms with Crippen LogP contribution in [0.5, 0.6) is 0 Å². The van der Waals surface area contributed by atoms with E-state index in [4.69, 9.17) is 14.7 Å². The van der Waals surface area contributed by atoms with Gasteiger partial charge in [0.25, 0.3) is 0 Å².